The van der Waals surface area contributed by atoms with Crippen LogP contribution >= 0.6 is 11.3 Å². The summed E-state index contributed by atoms with van der Waals surface area (Å²) in [6.45, 7) is 13.5. The summed E-state index contributed by atoms with van der Waals surface area (Å²) in [6.07, 6.45) is 7.96. The normalized spacial score (nSPS) is 12.3. The predicted molar refractivity (Wildman–Crippen MR) is 109 cm³/mol. The van der Waals surface area contributed by atoms with E-state index in [4.69, 9.17) is 0 Å². The molecule has 0 aliphatic heterocycles. The fraction of sp³-hybridized carbons (Fsp3) is 0.636. The van der Waals surface area contributed by atoms with Gasteiger partial charge in [0.2, 0.25) is 0 Å². The topological polar surface area (TPSA) is 0 Å². The molecular weight excluding hydrogens is 296 g/mol. The summed E-state index contributed by atoms with van der Waals surface area (Å²) in [5, 5.41) is 1.43. The monoisotopic (exact) mass is 332 g/mol. The SMILES string of the molecule is CCC.Cc1cc2cc(CCC(C)CCCC(C)C)ccc2s1. The van der Waals surface area contributed by atoms with Crippen LogP contribution in [0.1, 0.15) is 77.2 Å². The number of benzene rings is 1. The van der Waals surface area contributed by atoms with Gasteiger partial charge in [0.15, 0.2) is 0 Å². The Morgan fingerprint density at radius 1 is 0.957 bits per heavy atom. The van der Waals surface area contributed by atoms with Gasteiger partial charge in [-0.25, -0.2) is 0 Å². The first kappa shape index (κ1) is 20.2. The average Bonchev–Trinajstić information content (AvgIpc) is 2.84. The molecule has 0 radical (unpaired) electrons. The average molecular weight is 333 g/mol. The molecule has 23 heavy (non-hydrogen) atoms. The van der Waals surface area contributed by atoms with Crippen LogP contribution in [0.15, 0.2) is 24.3 Å². The van der Waals surface area contributed by atoms with Crippen LogP contribution in [0.5, 0.6) is 0 Å². The molecule has 1 atom stereocenters. The lowest BCUT2D eigenvalue weighted by atomic mass is 9.94. The lowest BCUT2D eigenvalue weighted by molar-refractivity contribution is 0.437. The van der Waals surface area contributed by atoms with E-state index in [-0.39, 0.29) is 0 Å². The van der Waals surface area contributed by atoms with Crippen molar-refractivity contribution >= 4 is 21.4 Å². The molecule has 0 fully saturated rings. The molecule has 0 saturated heterocycles. The lowest BCUT2D eigenvalue weighted by Gasteiger charge is -2.12. The number of hydrogen-bond acceptors (Lipinski definition) is 1. The van der Waals surface area contributed by atoms with E-state index in [1.807, 2.05) is 11.3 Å². The maximum Gasteiger partial charge on any atom is 0.0345 e. The highest BCUT2D eigenvalue weighted by molar-refractivity contribution is 7.19. The number of rotatable bonds is 7. The van der Waals surface area contributed by atoms with Gasteiger partial charge in [0, 0.05) is 9.58 Å². The summed E-state index contributed by atoms with van der Waals surface area (Å²) >= 11 is 1.90. The Balaban J connectivity index is 0.000000816. The van der Waals surface area contributed by atoms with Crippen LogP contribution in [0, 0.1) is 18.8 Å². The van der Waals surface area contributed by atoms with Gasteiger partial charge >= 0.3 is 0 Å². The zero-order valence-electron chi connectivity index (χ0n) is 16.1. The molecule has 1 unspecified atom stereocenters. The summed E-state index contributed by atoms with van der Waals surface area (Å²) in [5.41, 5.74) is 1.51. The van der Waals surface area contributed by atoms with Crippen molar-refractivity contribution in [3.8, 4) is 0 Å². The second-order valence-electron chi connectivity index (χ2n) is 7.40. The van der Waals surface area contributed by atoms with Crippen molar-refractivity contribution in [1.29, 1.82) is 0 Å². The van der Waals surface area contributed by atoms with E-state index in [2.05, 4.69) is 65.8 Å². The molecule has 1 heterocycles. The summed E-state index contributed by atoms with van der Waals surface area (Å²) in [6, 6.07) is 9.32. The molecule has 2 rings (SSSR count). The number of hydrogen-bond donors (Lipinski definition) is 0. The Morgan fingerprint density at radius 3 is 2.30 bits per heavy atom. The van der Waals surface area contributed by atoms with Crippen LogP contribution in [0.3, 0.4) is 0 Å². The van der Waals surface area contributed by atoms with Gasteiger partial charge in [-0.3, -0.25) is 0 Å². The molecule has 0 aliphatic rings. The van der Waals surface area contributed by atoms with E-state index in [1.165, 1.54) is 59.1 Å². The standard InChI is InChI=1S/C19H28S.C3H8/c1-14(2)6-5-7-15(3)8-9-17-10-11-19-18(13-17)12-16(4)20-19;1-3-2/h10-15H,5-9H2,1-4H3;3H2,1-2H3. The smallest absolute Gasteiger partial charge is 0.0345 e. The van der Waals surface area contributed by atoms with Crippen molar-refractivity contribution in [3.05, 3.63) is 34.7 Å². The van der Waals surface area contributed by atoms with Crippen LogP contribution in [0.2, 0.25) is 0 Å². The minimum atomic E-state index is 0.853. The van der Waals surface area contributed by atoms with Crippen LogP contribution in [0.4, 0.5) is 0 Å². The molecule has 2 aromatic rings. The third kappa shape index (κ3) is 8.01. The Hall–Kier alpha value is -0.820. The molecule has 0 bridgehead atoms. The minimum Gasteiger partial charge on any atom is -0.141 e. The summed E-state index contributed by atoms with van der Waals surface area (Å²) in [4.78, 5) is 1.42. The highest BCUT2D eigenvalue weighted by Gasteiger charge is 2.05. The van der Waals surface area contributed by atoms with Gasteiger partial charge in [-0.05, 0) is 54.7 Å². The minimum absolute atomic E-state index is 0.853. The van der Waals surface area contributed by atoms with Gasteiger partial charge < -0.3 is 0 Å². The number of thiophene rings is 1. The maximum atomic E-state index is 2.41. The largest absolute Gasteiger partial charge is 0.141 e. The molecule has 0 spiro atoms. The van der Waals surface area contributed by atoms with Crippen LogP contribution < -0.4 is 0 Å². The molecular formula is C22H36S. The van der Waals surface area contributed by atoms with Crippen molar-refractivity contribution in [3.63, 3.8) is 0 Å². The second-order valence-corrected chi connectivity index (χ2v) is 8.69. The van der Waals surface area contributed by atoms with Crippen molar-refractivity contribution < 1.29 is 0 Å². The molecule has 1 aromatic carbocycles. The van der Waals surface area contributed by atoms with Crippen molar-refractivity contribution in [1.82, 2.24) is 0 Å². The summed E-state index contributed by atoms with van der Waals surface area (Å²) < 4.78 is 1.43. The molecule has 0 amide bonds. The van der Waals surface area contributed by atoms with Gasteiger partial charge in [-0.15, -0.1) is 11.3 Å². The Bertz CT molecular complexity index is 550. The first-order valence-corrected chi connectivity index (χ1v) is 10.3. The highest BCUT2D eigenvalue weighted by atomic mass is 32.1. The molecule has 0 aliphatic carbocycles. The van der Waals surface area contributed by atoms with E-state index in [0.717, 1.165) is 11.8 Å². The van der Waals surface area contributed by atoms with E-state index >= 15 is 0 Å². The third-order valence-electron chi connectivity index (χ3n) is 4.11. The van der Waals surface area contributed by atoms with Gasteiger partial charge in [-0.1, -0.05) is 72.4 Å². The van der Waals surface area contributed by atoms with Gasteiger partial charge in [0.25, 0.3) is 0 Å². The molecule has 1 heteroatoms. The molecule has 1 aromatic heterocycles. The van der Waals surface area contributed by atoms with E-state index in [1.54, 1.807) is 0 Å². The third-order valence-corrected chi connectivity index (χ3v) is 5.14. The Morgan fingerprint density at radius 2 is 1.65 bits per heavy atom. The molecule has 0 N–H and O–H groups in total. The van der Waals surface area contributed by atoms with Crippen LogP contribution in [-0.2, 0) is 6.42 Å². The van der Waals surface area contributed by atoms with Gasteiger partial charge in [0.05, 0.1) is 0 Å². The Labute approximate surface area is 148 Å². The molecule has 0 nitrogen and oxygen atoms in total. The van der Waals surface area contributed by atoms with Crippen molar-refractivity contribution in [2.75, 3.05) is 0 Å². The fourth-order valence-electron chi connectivity index (χ4n) is 2.81. The van der Waals surface area contributed by atoms with E-state index in [9.17, 15) is 0 Å². The Kier molecular flexibility index (Phi) is 9.55. The van der Waals surface area contributed by atoms with Crippen molar-refractivity contribution in [2.24, 2.45) is 11.8 Å². The molecule has 0 saturated carbocycles. The summed E-state index contributed by atoms with van der Waals surface area (Å²) in [5.74, 6) is 1.71. The first-order valence-electron chi connectivity index (χ1n) is 9.45. The number of aryl methyl sites for hydroxylation is 2. The van der Waals surface area contributed by atoms with E-state index in [0.29, 0.717) is 0 Å². The van der Waals surface area contributed by atoms with Gasteiger partial charge in [-0.2, -0.15) is 0 Å². The van der Waals surface area contributed by atoms with Gasteiger partial charge in [0.1, 0.15) is 0 Å². The second kappa shape index (κ2) is 10.9. The zero-order valence-corrected chi connectivity index (χ0v) is 16.9. The zero-order chi connectivity index (χ0) is 17.2. The fourth-order valence-corrected chi connectivity index (χ4v) is 3.72. The van der Waals surface area contributed by atoms with Crippen molar-refractivity contribution in [2.45, 2.75) is 80.1 Å². The maximum absolute atomic E-state index is 2.41. The molecule has 130 valence electrons. The predicted octanol–water partition coefficient (Wildman–Crippen LogP) is 8.02. The van der Waals surface area contributed by atoms with Crippen LogP contribution in [0.25, 0.3) is 10.1 Å². The highest BCUT2D eigenvalue weighted by Crippen LogP contribution is 2.27. The quantitative estimate of drug-likeness (QED) is 0.481. The van der Waals surface area contributed by atoms with Crippen LogP contribution in [-0.4, -0.2) is 0 Å². The lowest BCUT2D eigenvalue weighted by Crippen LogP contribution is -1.99. The number of fused-ring (bicyclic) bond motifs is 1. The summed E-state index contributed by atoms with van der Waals surface area (Å²) in [7, 11) is 0. The van der Waals surface area contributed by atoms with E-state index < -0.39 is 0 Å². The first-order chi connectivity index (χ1) is 11.0.